The molecule has 1 aromatic heterocycles. The average Bonchev–Trinajstić information content (AvgIpc) is 2.67. The molecule has 5 nitrogen and oxygen atoms in total. The van der Waals surface area contributed by atoms with E-state index in [0.29, 0.717) is 13.1 Å². The van der Waals surface area contributed by atoms with E-state index in [1.54, 1.807) is 12.3 Å². The molecule has 1 aromatic rings. The standard InChI is InChI=1S/C8H15N3O2S/c1-7(5-9)6-11-14(12,13)8-3-2-4-10-8/h2-4,7,10-11H,5-6,9H2,1H3. The zero-order valence-electron chi connectivity index (χ0n) is 8.03. The maximum Gasteiger partial charge on any atom is 0.255 e. The van der Waals surface area contributed by atoms with Crippen LogP contribution in [0.25, 0.3) is 0 Å². The summed E-state index contributed by atoms with van der Waals surface area (Å²) in [5.41, 5.74) is 5.38. The third-order valence-corrected chi connectivity index (χ3v) is 3.26. The number of hydrogen-bond donors (Lipinski definition) is 3. The number of sulfonamides is 1. The Hall–Kier alpha value is -0.850. The summed E-state index contributed by atoms with van der Waals surface area (Å²) in [6.07, 6.45) is 1.57. The smallest absolute Gasteiger partial charge is 0.255 e. The third-order valence-electron chi connectivity index (χ3n) is 1.88. The van der Waals surface area contributed by atoms with Crippen LogP contribution in [0.2, 0.25) is 0 Å². The number of aromatic nitrogens is 1. The Kier molecular flexibility index (Phi) is 3.68. The minimum Gasteiger partial charge on any atom is -0.351 e. The highest BCUT2D eigenvalue weighted by Crippen LogP contribution is 2.04. The van der Waals surface area contributed by atoms with Crippen LogP contribution in [0.15, 0.2) is 23.4 Å². The van der Waals surface area contributed by atoms with E-state index in [-0.39, 0.29) is 10.9 Å². The Morgan fingerprint density at radius 2 is 2.36 bits per heavy atom. The van der Waals surface area contributed by atoms with Crippen LogP contribution in [0.5, 0.6) is 0 Å². The highest BCUT2D eigenvalue weighted by Gasteiger charge is 2.14. The predicted molar refractivity (Wildman–Crippen MR) is 54.2 cm³/mol. The Labute approximate surface area is 83.8 Å². The van der Waals surface area contributed by atoms with Gasteiger partial charge in [-0.25, -0.2) is 13.1 Å². The summed E-state index contributed by atoms with van der Waals surface area (Å²) in [7, 11) is -3.38. The SMILES string of the molecule is CC(CN)CNS(=O)(=O)c1ccc[nH]1. The molecular formula is C8H15N3O2S. The van der Waals surface area contributed by atoms with Gasteiger partial charge in [0.15, 0.2) is 0 Å². The lowest BCUT2D eigenvalue weighted by atomic mass is 10.2. The lowest BCUT2D eigenvalue weighted by molar-refractivity contribution is 0.543. The van der Waals surface area contributed by atoms with Crippen molar-refractivity contribution in [3.8, 4) is 0 Å². The molecule has 0 aliphatic rings. The first-order chi connectivity index (χ1) is 6.56. The van der Waals surface area contributed by atoms with E-state index in [9.17, 15) is 8.42 Å². The van der Waals surface area contributed by atoms with Crippen LogP contribution >= 0.6 is 0 Å². The van der Waals surface area contributed by atoms with Crippen LogP contribution in [0.4, 0.5) is 0 Å². The molecule has 0 radical (unpaired) electrons. The number of rotatable bonds is 5. The molecule has 0 amide bonds. The van der Waals surface area contributed by atoms with Gasteiger partial charge in [-0.2, -0.15) is 0 Å². The van der Waals surface area contributed by atoms with E-state index in [4.69, 9.17) is 5.73 Å². The minimum atomic E-state index is -3.38. The summed E-state index contributed by atoms with van der Waals surface area (Å²) in [5, 5.41) is 0.182. The average molecular weight is 217 g/mol. The van der Waals surface area contributed by atoms with Crippen molar-refractivity contribution in [2.24, 2.45) is 11.7 Å². The van der Waals surface area contributed by atoms with Crippen LogP contribution in [-0.4, -0.2) is 26.5 Å². The van der Waals surface area contributed by atoms with E-state index >= 15 is 0 Å². The van der Waals surface area contributed by atoms with Gasteiger partial charge in [-0.1, -0.05) is 6.92 Å². The van der Waals surface area contributed by atoms with E-state index in [1.165, 1.54) is 6.07 Å². The second-order valence-corrected chi connectivity index (χ2v) is 4.96. The Bertz CT molecular complexity index is 358. The van der Waals surface area contributed by atoms with Crippen molar-refractivity contribution >= 4 is 10.0 Å². The molecule has 0 spiro atoms. The Morgan fingerprint density at radius 1 is 1.64 bits per heavy atom. The van der Waals surface area contributed by atoms with Crippen molar-refractivity contribution in [1.82, 2.24) is 9.71 Å². The normalized spacial score (nSPS) is 14.1. The summed E-state index contributed by atoms with van der Waals surface area (Å²) in [6, 6.07) is 3.15. The largest absolute Gasteiger partial charge is 0.351 e. The third kappa shape index (κ3) is 2.83. The number of hydrogen-bond acceptors (Lipinski definition) is 3. The highest BCUT2D eigenvalue weighted by atomic mass is 32.2. The molecule has 1 rings (SSSR count). The molecule has 0 aliphatic carbocycles. The lowest BCUT2D eigenvalue weighted by Crippen LogP contribution is -2.31. The predicted octanol–water partition coefficient (Wildman–Crippen LogP) is -0.112. The van der Waals surface area contributed by atoms with Gasteiger partial charge in [0.2, 0.25) is 0 Å². The Morgan fingerprint density at radius 3 is 2.86 bits per heavy atom. The van der Waals surface area contributed by atoms with E-state index in [2.05, 4.69) is 9.71 Å². The van der Waals surface area contributed by atoms with Crippen molar-refractivity contribution in [3.05, 3.63) is 18.3 Å². The fraction of sp³-hybridized carbons (Fsp3) is 0.500. The number of nitrogens with one attached hydrogen (secondary N) is 2. The maximum atomic E-state index is 11.5. The molecule has 0 aliphatic heterocycles. The van der Waals surface area contributed by atoms with Crippen LogP contribution in [0, 0.1) is 5.92 Å². The van der Waals surface area contributed by atoms with Gasteiger partial charge >= 0.3 is 0 Å². The molecule has 80 valence electrons. The van der Waals surface area contributed by atoms with Gasteiger partial charge in [0.1, 0.15) is 5.03 Å². The van der Waals surface area contributed by atoms with Crippen LogP contribution in [0.3, 0.4) is 0 Å². The summed E-state index contributed by atoms with van der Waals surface area (Å²) in [4.78, 5) is 2.64. The van der Waals surface area contributed by atoms with Crippen molar-refractivity contribution in [3.63, 3.8) is 0 Å². The monoisotopic (exact) mass is 217 g/mol. The molecular weight excluding hydrogens is 202 g/mol. The summed E-state index contributed by atoms with van der Waals surface area (Å²) in [6.45, 7) is 2.71. The first kappa shape index (κ1) is 11.2. The van der Waals surface area contributed by atoms with Gasteiger partial charge in [0, 0.05) is 12.7 Å². The molecule has 0 fully saturated rings. The van der Waals surface area contributed by atoms with Crippen LogP contribution in [0.1, 0.15) is 6.92 Å². The number of nitrogens with two attached hydrogens (primary N) is 1. The molecule has 1 unspecified atom stereocenters. The van der Waals surface area contributed by atoms with Gasteiger partial charge in [0.25, 0.3) is 10.0 Å². The Balaban J connectivity index is 2.60. The van der Waals surface area contributed by atoms with E-state index in [0.717, 1.165) is 0 Å². The molecule has 14 heavy (non-hydrogen) atoms. The molecule has 0 saturated heterocycles. The van der Waals surface area contributed by atoms with Crippen molar-refractivity contribution in [1.29, 1.82) is 0 Å². The van der Waals surface area contributed by atoms with Gasteiger partial charge in [-0.3, -0.25) is 0 Å². The molecule has 0 aromatic carbocycles. The quantitative estimate of drug-likeness (QED) is 0.643. The fourth-order valence-corrected chi connectivity index (χ4v) is 2.03. The second kappa shape index (κ2) is 4.59. The van der Waals surface area contributed by atoms with Crippen molar-refractivity contribution < 1.29 is 8.42 Å². The molecule has 1 atom stereocenters. The minimum absolute atomic E-state index is 0.139. The topological polar surface area (TPSA) is 88.0 Å². The highest BCUT2D eigenvalue weighted by molar-refractivity contribution is 7.89. The van der Waals surface area contributed by atoms with E-state index < -0.39 is 10.0 Å². The zero-order chi connectivity index (χ0) is 10.6. The van der Waals surface area contributed by atoms with Crippen molar-refractivity contribution in [2.75, 3.05) is 13.1 Å². The zero-order valence-corrected chi connectivity index (χ0v) is 8.84. The molecule has 0 saturated carbocycles. The molecule has 0 bridgehead atoms. The lowest BCUT2D eigenvalue weighted by Gasteiger charge is -2.09. The molecule has 4 N–H and O–H groups in total. The second-order valence-electron chi connectivity index (χ2n) is 3.23. The first-order valence-electron chi connectivity index (χ1n) is 4.39. The maximum absolute atomic E-state index is 11.5. The molecule has 1 heterocycles. The van der Waals surface area contributed by atoms with Crippen LogP contribution in [-0.2, 0) is 10.0 Å². The summed E-state index contributed by atoms with van der Waals surface area (Å²) >= 11 is 0. The number of aromatic amines is 1. The molecule has 6 heteroatoms. The van der Waals surface area contributed by atoms with Crippen molar-refractivity contribution in [2.45, 2.75) is 11.9 Å². The number of H-pyrrole nitrogens is 1. The summed E-state index contributed by atoms with van der Waals surface area (Å²) < 4.78 is 25.5. The van der Waals surface area contributed by atoms with Crippen LogP contribution < -0.4 is 10.5 Å². The van der Waals surface area contributed by atoms with Gasteiger partial charge in [0.05, 0.1) is 0 Å². The van der Waals surface area contributed by atoms with Gasteiger partial charge in [-0.15, -0.1) is 0 Å². The summed E-state index contributed by atoms with van der Waals surface area (Å²) in [5.74, 6) is 0.139. The van der Waals surface area contributed by atoms with E-state index in [1.807, 2.05) is 6.92 Å². The fourth-order valence-electron chi connectivity index (χ4n) is 0.894. The van der Waals surface area contributed by atoms with Gasteiger partial charge in [-0.05, 0) is 24.6 Å². The van der Waals surface area contributed by atoms with Gasteiger partial charge < -0.3 is 10.7 Å². The first-order valence-corrected chi connectivity index (χ1v) is 5.87.